The molecule has 3 rings (SSSR count). The first kappa shape index (κ1) is 14.8. The predicted molar refractivity (Wildman–Crippen MR) is 72.7 cm³/mol. The Balaban J connectivity index is 0.00000147. The molecule has 0 unspecified atom stereocenters. The van der Waals surface area contributed by atoms with Crippen LogP contribution < -0.4 is 0 Å². The first-order chi connectivity index (χ1) is 9.02. The van der Waals surface area contributed by atoms with Gasteiger partial charge < -0.3 is 18.2 Å². The Labute approximate surface area is 146 Å². The first-order valence-corrected chi connectivity index (χ1v) is 5.48. The van der Waals surface area contributed by atoms with Crippen molar-refractivity contribution in [1.82, 2.24) is 0 Å². The summed E-state index contributed by atoms with van der Waals surface area (Å²) < 4.78 is 0. The number of carbonyl (C=O) groups is 2. The molecule has 0 heterocycles. The van der Waals surface area contributed by atoms with E-state index in [0.29, 0.717) is 0 Å². The number of hydrogen-bond donors (Lipinski definition) is 3. The summed E-state index contributed by atoms with van der Waals surface area (Å²) >= 11 is 0. The van der Waals surface area contributed by atoms with Gasteiger partial charge in [0.05, 0.1) is 11.1 Å². The van der Waals surface area contributed by atoms with Crippen molar-refractivity contribution in [3.63, 3.8) is 0 Å². The molecule has 20 heavy (non-hydrogen) atoms. The summed E-state index contributed by atoms with van der Waals surface area (Å²) in [7, 11) is 0. The minimum atomic E-state index is -0.694. The van der Waals surface area contributed by atoms with E-state index in [0.717, 1.165) is 6.07 Å². The number of hydrogen-bond acceptors (Lipinski definition) is 5. The van der Waals surface area contributed by atoms with Gasteiger partial charge in [-0.05, 0) is 0 Å². The summed E-state index contributed by atoms with van der Waals surface area (Å²) in [5.74, 6) is -3.03. The number of benzene rings is 2. The van der Waals surface area contributed by atoms with Gasteiger partial charge in [0, 0.05) is 17.2 Å². The number of carbonyl (C=O) groups excluding carboxylic acids is 2. The monoisotopic (exact) mass is 298 g/mol. The molecule has 0 atom stereocenters. The molecule has 0 amide bonds. The van der Waals surface area contributed by atoms with Crippen LogP contribution in [0.3, 0.4) is 0 Å². The van der Waals surface area contributed by atoms with Crippen molar-refractivity contribution in [1.29, 1.82) is 0 Å². The van der Waals surface area contributed by atoms with Crippen LogP contribution in [0.4, 0.5) is 0 Å². The number of phenolic OH excluding ortho intramolecular Hbond substituents is 3. The second-order valence-corrected chi connectivity index (χ2v) is 4.22. The van der Waals surface area contributed by atoms with Crippen LogP contribution >= 0.6 is 0 Å². The minimum Gasteiger partial charge on any atom is -1.00 e. The summed E-state index contributed by atoms with van der Waals surface area (Å²) in [5.41, 5.74) is -0.333. The molecule has 0 aliphatic heterocycles. The third-order valence-corrected chi connectivity index (χ3v) is 3.13. The van der Waals surface area contributed by atoms with Crippen molar-refractivity contribution >= 4 is 49.3 Å². The van der Waals surface area contributed by atoms with Gasteiger partial charge in [-0.3, -0.25) is 9.59 Å². The van der Waals surface area contributed by atoms with E-state index in [1.165, 1.54) is 12.1 Å². The normalized spacial score (nSPS) is 12.4. The van der Waals surface area contributed by atoms with Gasteiger partial charge in [0.25, 0.3) is 0 Å². The van der Waals surface area contributed by atoms with Crippen LogP contribution in [-0.2, 0) is 0 Å². The second-order valence-electron chi connectivity index (χ2n) is 4.22. The first-order valence-electron chi connectivity index (χ1n) is 5.48. The van der Waals surface area contributed by atoms with Gasteiger partial charge in [-0.15, -0.1) is 0 Å². The molecule has 98 valence electrons. The Kier molecular flexibility index (Phi) is 3.77. The SMILES string of the molecule is O=C1c2ccccc2C(=O)c2c(O)c(O)cc(O)c21.[Ca+2].[H-].[H-]. The van der Waals surface area contributed by atoms with Crippen molar-refractivity contribution in [3.8, 4) is 17.2 Å². The van der Waals surface area contributed by atoms with Crippen LogP contribution in [0, 0.1) is 0 Å². The van der Waals surface area contributed by atoms with Gasteiger partial charge in [0.2, 0.25) is 0 Å². The zero-order valence-corrected chi connectivity index (χ0v) is 12.5. The van der Waals surface area contributed by atoms with Crippen molar-refractivity contribution in [2.75, 3.05) is 0 Å². The molecule has 0 spiro atoms. The molecule has 0 radical (unpaired) electrons. The Hall–Kier alpha value is -1.56. The van der Waals surface area contributed by atoms with Gasteiger partial charge >= 0.3 is 37.7 Å². The van der Waals surface area contributed by atoms with E-state index < -0.39 is 28.8 Å². The van der Waals surface area contributed by atoms with Crippen molar-refractivity contribution in [2.45, 2.75) is 0 Å². The maximum atomic E-state index is 12.2. The van der Waals surface area contributed by atoms with Crippen LogP contribution in [0.25, 0.3) is 0 Å². The molecule has 1 aliphatic carbocycles. The quantitative estimate of drug-likeness (QED) is 0.331. The smallest absolute Gasteiger partial charge is 1.00 e. The zero-order valence-electron chi connectivity index (χ0n) is 12.3. The van der Waals surface area contributed by atoms with Crippen molar-refractivity contribution in [2.24, 2.45) is 0 Å². The molecule has 0 fully saturated rings. The largest absolute Gasteiger partial charge is 2.00 e. The molecular formula is C14H10CaO5. The van der Waals surface area contributed by atoms with E-state index in [2.05, 4.69) is 0 Å². The van der Waals surface area contributed by atoms with E-state index in [9.17, 15) is 24.9 Å². The fourth-order valence-electron chi connectivity index (χ4n) is 2.24. The Morgan fingerprint density at radius 3 is 1.85 bits per heavy atom. The second kappa shape index (κ2) is 5.09. The number of fused-ring (bicyclic) bond motifs is 2. The van der Waals surface area contributed by atoms with E-state index in [1.807, 2.05) is 0 Å². The van der Waals surface area contributed by atoms with Crippen molar-refractivity contribution in [3.05, 3.63) is 52.6 Å². The van der Waals surface area contributed by atoms with E-state index >= 15 is 0 Å². The maximum absolute atomic E-state index is 12.2. The molecule has 0 aromatic heterocycles. The number of ketones is 2. The Morgan fingerprint density at radius 2 is 1.30 bits per heavy atom. The fourth-order valence-corrected chi connectivity index (χ4v) is 2.24. The summed E-state index contributed by atoms with van der Waals surface area (Å²) in [4.78, 5) is 24.5. The summed E-state index contributed by atoms with van der Waals surface area (Å²) in [6.45, 7) is 0. The number of rotatable bonds is 0. The molecule has 5 nitrogen and oxygen atoms in total. The Morgan fingerprint density at radius 1 is 0.800 bits per heavy atom. The summed E-state index contributed by atoms with van der Waals surface area (Å²) in [6, 6.07) is 6.97. The third kappa shape index (κ3) is 1.90. The van der Waals surface area contributed by atoms with E-state index in [-0.39, 0.29) is 62.8 Å². The van der Waals surface area contributed by atoms with Gasteiger partial charge in [-0.25, -0.2) is 0 Å². The maximum Gasteiger partial charge on any atom is 2.00 e. The molecule has 0 saturated heterocycles. The van der Waals surface area contributed by atoms with Gasteiger partial charge in [-0.1, -0.05) is 24.3 Å². The van der Waals surface area contributed by atoms with Gasteiger partial charge in [0.15, 0.2) is 23.1 Å². The van der Waals surface area contributed by atoms with Crippen LogP contribution in [0.5, 0.6) is 17.2 Å². The summed E-state index contributed by atoms with van der Waals surface area (Å²) in [6.07, 6.45) is 0. The van der Waals surface area contributed by atoms with Crippen LogP contribution in [0.15, 0.2) is 30.3 Å². The fraction of sp³-hybridized carbons (Fsp3) is 0. The van der Waals surface area contributed by atoms with Crippen LogP contribution in [0.2, 0.25) is 0 Å². The zero-order chi connectivity index (χ0) is 13.7. The topological polar surface area (TPSA) is 94.8 Å². The molecule has 1 aliphatic rings. The van der Waals surface area contributed by atoms with Gasteiger partial charge in [-0.2, -0.15) is 0 Å². The van der Waals surface area contributed by atoms with Crippen LogP contribution in [0.1, 0.15) is 34.7 Å². The molecule has 2 aromatic carbocycles. The van der Waals surface area contributed by atoms with E-state index in [1.54, 1.807) is 12.1 Å². The molecule has 2 aromatic rings. The molecule has 0 bridgehead atoms. The molecular weight excluding hydrogens is 288 g/mol. The molecule has 0 saturated carbocycles. The van der Waals surface area contributed by atoms with E-state index in [4.69, 9.17) is 0 Å². The summed E-state index contributed by atoms with van der Waals surface area (Å²) in [5, 5.41) is 28.9. The predicted octanol–water partition coefficient (Wildman–Crippen LogP) is 1.42. The average molecular weight is 298 g/mol. The Bertz CT molecular complexity index is 761. The average Bonchev–Trinajstić information content (AvgIpc) is 2.40. The third-order valence-electron chi connectivity index (χ3n) is 3.13. The van der Waals surface area contributed by atoms with Crippen molar-refractivity contribution < 1.29 is 27.8 Å². The van der Waals surface area contributed by atoms with Crippen LogP contribution in [-0.4, -0.2) is 64.6 Å². The number of phenols is 3. The number of aromatic hydroxyl groups is 3. The van der Waals surface area contributed by atoms with Gasteiger partial charge in [0.1, 0.15) is 5.75 Å². The minimum absolute atomic E-state index is 0. The molecule has 6 heteroatoms. The molecule has 3 N–H and O–H groups in total. The standard InChI is InChI=1S/C14H8O5.Ca.2H/c15-8-5-9(16)14(19)11-10(8)12(17)6-3-1-2-4-7(6)13(11)18;;;/h1-5,15-16,19H;;;/q;+2;2*-1.